The van der Waals surface area contributed by atoms with Crippen LogP contribution in [0.4, 0.5) is 0 Å². The van der Waals surface area contributed by atoms with Gasteiger partial charge in [0, 0.05) is 11.6 Å². The predicted octanol–water partition coefficient (Wildman–Crippen LogP) is 2.67. The van der Waals surface area contributed by atoms with Gasteiger partial charge in [-0.1, -0.05) is 13.3 Å². The van der Waals surface area contributed by atoms with Gasteiger partial charge in [0.05, 0.1) is 22.1 Å². The van der Waals surface area contributed by atoms with E-state index in [0.717, 1.165) is 16.6 Å². The Balaban J connectivity index is 2.10. The lowest BCUT2D eigenvalue weighted by Gasteiger charge is -2.16. The molecule has 6 heteroatoms. The van der Waals surface area contributed by atoms with Gasteiger partial charge in [0.25, 0.3) is 5.91 Å². The summed E-state index contributed by atoms with van der Waals surface area (Å²) in [7, 11) is 0. The molecule has 5 nitrogen and oxygen atoms in total. The van der Waals surface area contributed by atoms with Crippen LogP contribution in [-0.4, -0.2) is 28.0 Å². The van der Waals surface area contributed by atoms with Gasteiger partial charge < -0.3 is 10.4 Å². The fourth-order valence-electron chi connectivity index (χ4n) is 2.05. The fourth-order valence-corrected chi connectivity index (χ4v) is 2.77. The van der Waals surface area contributed by atoms with Gasteiger partial charge >= 0.3 is 5.97 Å². The maximum absolute atomic E-state index is 12.2. The van der Waals surface area contributed by atoms with Crippen molar-refractivity contribution in [2.45, 2.75) is 32.2 Å². The van der Waals surface area contributed by atoms with Gasteiger partial charge in [-0.05, 0) is 24.6 Å². The van der Waals surface area contributed by atoms with Gasteiger partial charge in [-0.15, -0.1) is 11.3 Å². The van der Waals surface area contributed by atoms with Crippen LogP contribution in [0.1, 0.15) is 36.5 Å². The molecule has 106 valence electrons. The number of carboxylic acid groups (broad SMARTS) is 1. The number of nitrogens with zero attached hydrogens (tertiary/aromatic N) is 1. The van der Waals surface area contributed by atoms with Crippen molar-refractivity contribution in [3.8, 4) is 0 Å². The molecular formula is C14H16N2O3S. The summed E-state index contributed by atoms with van der Waals surface area (Å²) in [6.07, 6.45) is 1.43. The highest BCUT2D eigenvalue weighted by atomic mass is 32.1. The van der Waals surface area contributed by atoms with Crippen LogP contribution in [0.3, 0.4) is 0 Å². The summed E-state index contributed by atoms with van der Waals surface area (Å²) in [5.74, 6) is -1.14. The molecule has 0 saturated carbocycles. The molecule has 1 unspecified atom stereocenters. The van der Waals surface area contributed by atoms with Gasteiger partial charge in [0.2, 0.25) is 0 Å². The first-order chi connectivity index (χ1) is 9.60. The number of rotatable bonds is 6. The van der Waals surface area contributed by atoms with E-state index < -0.39 is 5.97 Å². The van der Waals surface area contributed by atoms with Crippen molar-refractivity contribution in [2.75, 3.05) is 0 Å². The minimum atomic E-state index is -0.901. The van der Waals surface area contributed by atoms with Crippen LogP contribution in [0.15, 0.2) is 23.7 Å². The van der Waals surface area contributed by atoms with Crippen LogP contribution in [-0.2, 0) is 4.79 Å². The molecule has 2 aromatic rings. The molecule has 0 fully saturated rings. The number of thiazole rings is 1. The number of carbonyl (C=O) groups excluding carboxylic acids is 1. The third-order valence-electron chi connectivity index (χ3n) is 2.99. The number of hydrogen-bond acceptors (Lipinski definition) is 4. The molecule has 1 amide bonds. The maximum Gasteiger partial charge on any atom is 0.305 e. The third-order valence-corrected chi connectivity index (χ3v) is 3.78. The minimum Gasteiger partial charge on any atom is -0.481 e. The smallest absolute Gasteiger partial charge is 0.305 e. The number of amides is 1. The molecule has 0 bridgehead atoms. The molecule has 1 aromatic heterocycles. The molecule has 0 aliphatic rings. The van der Waals surface area contributed by atoms with E-state index in [1.165, 1.54) is 11.3 Å². The Hall–Kier alpha value is -1.95. The summed E-state index contributed by atoms with van der Waals surface area (Å²) >= 11 is 1.47. The Morgan fingerprint density at radius 1 is 1.45 bits per heavy atom. The zero-order valence-electron chi connectivity index (χ0n) is 11.1. The van der Waals surface area contributed by atoms with Gasteiger partial charge in [-0.3, -0.25) is 9.59 Å². The van der Waals surface area contributed by atoms with Crippen LogP contribution >= 0.6 is 11.3 Å². The molecule has 1 aromatic carbocycles. The highest BCUT2D eigenvalue weighted by Gasteiger charge is 2.16. The van der Waals surface area contributed by atoms with E-state index in [2.05, 4.69) is 10.3 Å². The SMILES string of the molecule is CCCC(CC(=O)O)NC(=O)c1ccc2ncsc2c1. The standard InChI is InChI=1S/C14H16N2O3S/c1-2-3-10(7-13(17)18)16-14(19)9-4-5-11-12(6-9)20-8-15-11/h4-6,8,10H,2-3,7H2,1H3,(H,16,19)(H,17,18). The second kappa shape index (κ2) is 6.47. The highest BCUT2D eigenvalue weighted by molar-refractivity contribution is 7.16. The number of benzene rings is 1. The molecule has 0 saturated heterocycles. The van der Waals surface area contributed by atoms with Crippen molar-refractivity contribution < 1.29 is 14.7 Å². The zero-order chi connectivity index (χ0) is 14.5. The third kappa shape index (κ3) is 3.54. The summed E-state index contributed by atoms with van der Waals surface area (Å²) in [6, 6.07) is 4.96. The average Bonchev–Trinajstić information content (AvgIpc) is 2.85. The Bertz CT molecular complexity index is 624. The molecular weight excluding hydrogens is 276 g/mol. The van der Waals surface area contributed by atoms with Crippen LogP contribution in [0, 0.1) is 0 Å². The predicted molar refractivity (Wildman–Crippen MR) is 78.0 cm³/mol. The molecule has 0 spiro atoms. The summed E-state index contributed by atoms with van der Waals surface area (Å²) in [4.78, 5) is 27.1. The molecule has 2 N–H and O–H groups in total. The second-order valence-corrected chi connectivity index (χ2v) is 5.48. The zero-order valence-corrected chi connectivity index (χ0v) is 11.9. The largest absolute Gasteiger partial charge is 0.481 e. The summed E-state index contributed by atoms with van der Waals surface area (Å²) < 4.78 is 0.947. The lowest BCUT2D eigenvalue weighted by atomic mass is 10.1. The summed E-state index contributed by atoms with van der Waals surface area (Å²) in [6.45, 7) is 1.96. The van der Waals surface area contributed by atoms with Gasteiger partial charge in [-0.2, -0.15) is 0 Å². The summed E-state index contributed by atoms with van der Waals surface area (Å²) in [5.41, 5.74) is 3.13. The average molecular weight is 292 g/mol. The van der Waals surface area contributed by atoms with E-state index in [9.17, 15) is 9.59 Å². The van der Waals surface area contributed by atoms with Crippen molar-refractivity contribution in [1.29, 1.82) is 0 Å². The number of aliphatic carboxylic acids is 1. The Morgan fingerprint density at radius 2 is 2.25 bits per heavy atom. The molecule has 1 atom stereocenters. The number of aromatic nitrogens is 1. The monoisotopic (exact) mass is 292 g/mol. The topological polar surface area (TPSA) is 79.3 Å². The van der Waals surface area contributed by atoms with Crippen LogP contribution < -0.4 is 5.32 Å². The van der Waals surface area contributed by atoms with Gasteiger partial charge in [-0.25, -0.2) is 4.98 Å². The van der Waals surface area contributed by atoms with Crippen molar-refractivity contribution in [1.82, 2.24) is 10.3 Å². The van der Waals surface area contributed by atoms with E-state index in [1.54, 1.807) is 23.7 Å². The van der Waals surface area contributed by atoms with Crippen molar-refractivity contribution in [3.63, 3.8) is 0 Å². The Kier molecular flexibility index (Phi) is 4.68. The van der Waals surface area contributed by atoms with Crippen LogP contribution in [0.5, 0.6) is 0 Å². The molecule has 20 heavy (non-hydrogen) atoms. The van der Waals surface area contributed by atoms with E-state index in [4.69, 9.17) is 5.11 Å². The lowest BCUT2D eigenvalue weighted by Crippen LogP contribution is -2.36. The van der Waals surface area contributed by atoms with E-state index in [0.29, 0.717) is 12.0 Å². The van der Waals surface area contributed by atoms with Crippen molar-refractivity contribution in [3.05, 3.63) is 29.3 Å². The summed E-state index contributed by atoms with van der Waals surface area (Å²) in [5, 5.41) is 11.6. The normalized spacial score (nSPS) is 12.2. The van der Waals surface area contributed by atoms with Crippen LogP contribution in [0.2, 0.25) is 0 Å². The number of fused-ring (bicyclic) bond motifs is 1. The fraction of sp³-hybridized carbons (Fsp3) is 0.357. The Morgan fingerprint density at radius 3 is 2.95 bits per heavy atom. The lowest BCUT2D eigenvalue weighted by molar-refractivity contribution is -0.137. The first kappa shape index (κ1) is 14.5. The Labute approximate surface area is 120 Å². The van der Waals surface area contributed by atoms with Gasteiger partial charge in [0.15, 0.2) is 0 Å². The quantitative estimate of drug-likeness (QED) is 0.858. The van der Waals surface area contributed by atoms with Crippen molar-refractivity contribution in [2.24, 2.45) is 0 Å². The first-order valence-corrected chi connectivity index (χ1v) is 7.34. The van der Waals surface area contributed by atoms with Crippen LogP contribution in [0.25, 0.3) is 10.2 Å². The highest BCUT2D eigenvalue weighted by Crippen LogP contribution is 2.19. The van der Waals surface area contributed by atoms with E-state index in [1.807, 2.05) is 6.92 Å². The number of carboxylic acids is 1. The molecule has 1 heterocycles. The van der Waals surface area contributed by atoms with Gasteiger partial charge in [0.1, 0.15) is 0 Å². The number of hydrogen-bond donors (Lipinski definition) is 2. The minimum absolute atomic E-state index is 0.0532. The molecule has 2 rings (SSSR count). The molecule has 0 aliphatic carbocycles. The molecule has 0 aliphatic heterocycles. The van der Waals surface area contributed by atoms with E-state index in [-0.39, 0.29) is 18.4 Å². The maximum atomic E-state index is 12.2. The number of nitrogens with one attached hydrogen (secondary N) is 1. The second-order valence-electron chi connectivity index (χ2n) is 4.59. The molecule has 0 radical (unpaired) electrons. The van der Waals surface area contributed by atoms with Crippen molar-refractivity contribution >= 4 is 33.4 Å². The van der Waals surface area contributed by atoms with E-state index >= 15 is 0 Å². The number of carbonyl (C=O) groups is 2. The first-order valence-electron chi connectivity index (χ1n) is 6.46.